The molecule has 3 aliphatic rings. The molecule has 0 radical (unpaired) electrons. The van der Waals surface area contributed by atoms with Crippen LogP contribution in [0.5, 0.6) is 0 Å². The van der Waals surface area contributed by atoms with Gasteiger partial charge in [-0.2, -0.15) is 0 Å². The van der Waals surface area contributed by atoms with Gasteiger partial charge in [-0.05, 0) is 31.3 Å². The summed E-state index contributed by atoms with van der Waals surface area (Å²) >= 11 is 0. The number of rotatable bonds is 8. The number of halogens is 1. The van der Waals surface area contributed by atoms with Crippen molar-refractivity contribution in [1.29, 1.82) is 0 Å². The smallest absolute Gasteiger partial charge is 0.414 e. The number of pyridine rings is 1. The molecule has 13 nitrogen and oxygen atoms in total. The van der Waals surface area contributed by atoms with Gasteiger partial charge in [-0.25, -0.2) is 13.9 Å². The number of ether oxygens (including phenoxy) is 2. The van der Waals surface area contributed by atoms with Gasteiger partial charge in [-0.15, -0.1) is 5.10 Å². The monoisotopic (exact) mass is 576 g/mol. The molecule has 0 saturated carbocycles. The number of likely N-dealkylation sites (N-methyl/N-ethyl adjacent to an activating group) is 1. The molecule has 0 aliphatic carbocycles. The number of allylic oxidation sites excluding steroid dienone is 1. The summed E-state index contributed by atoms with van der Waals surface area (Å²) in [5, 5.41) is 11.7. The number of cyclic esters (lactones) is 1. The molecule has 3 aromatic rings. The first kappa shape index (κ1) is 27.3. The minimum absolute atomic E-state index is 0.0638. The summed E-state index contributed by atoms with van der Waals surface area (Å²) in [7, 11) is 2.03. The summed E-state index contributed by atoms with van der Waals surface area (Å²) in [5.41, 5.74) is 2.47. The van der Waals surface area contributed by atoms with Crippen LogP contribution in [0, 0.1) is 5.82 Å². The van der Waals surface area contributed by atoms with E-state index in [0.717, 1.165) is 13.1 Å². The maximum absolute atomic E-state index is 15.2. The minimum atomic E-state index is -0.543. The predicted molar refractivity (Wildman–Crippen MR) is 148 cm³/mol. The second kappa shape index (κ2) is 11.9. The van der Waals surface area contributed by atoms with Crippen molar-refractivity contribution < 1.29 is 28.3 Å². The average molecular weight is 577 g/mol. The van der Waals surface area contributed by atoms with E-state index in [1.54, 1.807) is 52.4 Å². The van der Waals surface area contributed by atoms with Crippen molar-refractivity contribution in [2.24, 2.45) is 5.16 Å². The van der Waals surface area contributed by atoms with E-state index in [1.165, 1.54) is 17.2 Å². The minimum Gasteiger partial charge on any atom is -0.488 e. The molecule has 0 unspecified atom stereocenters. The number of hydrogen-bond acceptors (Lipinski definition) is 10. The first-order valence-electron chi connectivity index (χ1n) is 13.5. The predicted octanol–water partition coefficient (Wildman–Crippen LogP) is 2.26. The van der Waals surface area contributed by atoms with Gasteiger partial charge in [0, 0.05) is 49.7 Å². The van der Waals surface area contributed by atoms with Gasteiger partial charge in [0.05, 0.1) is 37.1 Å². The van der Waals surface area contributed by atoms with Crippen molar-refractivity contribution in [1.82, 2.24) is 29.8 Å². The molecule has 2 amide bonds. The van der Waals surface area contributed by atoms with E-state index in [1.807, 2.05) is 7.05 Å². The molecule has 1 aromatic carbocycles. The third kappa shape index (κ3) is 6.07. The Bertz CT molecular complexity index is 1500. The van der Waals surface area contributed by atoms with Crippen LogP contribution in [0.15, 0.2) is 66.1 Å². The van der Waals surface area contributed by atoms with Crippen LogP contribution in [-0.4, -0.2) is 100.0 Å². The number of nitrogens with zero attached hydrogens (tertiary/aromatic N) is 8. The number of amides is 2. The normalized spacial score (nSPS) is 20.0. The van der Waals surface area contributed by atoms with Crippen molar-refractivity contribution in [3.05, 3.63) is 72.5 Å². The Morgan fingerprint density at radius 1 is 1.19 bits per heavy atom. The number of benzene rings is 1. The molecule has 1 atom stereocenters. The summed E-state index contributed by atoms with van der Waals surface area (Å²) in [6.07, 6.45) is 5.57. The van der Waals surface area contributed by atoms with Gasteiger partial charge in [0.1, 0.15) is 23.9 Å². The van der Waals surface area contributed by atoms with Crippen molar-refractivity contribution in [3.63, 3.8) is 0 Å². The Hall–Kier alpha value is -4.85. The van der Waals surface area contributed by atoms with Crippen LogP contribution in [0.4, 0.5) is 14.9 Å². The topological polar surface area (TPSA) is 128 Å². The molecule has 0 spiro atoms. The summed E-state index contributed by atoms with van der Waals surface area (Å²) in [6, 6.07) is 8.07. The molecule has 2 fully saturated rings. The molecule has 42 heavy (non-hydrogen) atoms. The number of oxime groups is 1. The lowest BCUT2D eigenvalue weighted by Crippen LogP contribution is -2.48. The highest BCUT2D eigenvalue weighted by Gasteiger charge is 2.33. The molecule has 0 bridgehead atoms. The fourth-order valence-electron chi connectivity index (χ4n) is 4.89. The number of anilines is 1. The summed E-state index contributed by atoms with van der Waals surface area (Å²) in [4.78, 5) is 39.9. The van der Waals surface area contributed by atoms with Crippen LogP contribution in [0.25, 0.3) is 11.1 Å². The van der Waals surface area contributed by atoms with Gasteiger partial charge in [-0.1, -0.05) is 16.4 Å². The molecule has 218 valence electrons. The van der Waals surface area contributed by atoms with E-state index in [-0.39, 0.29) is 19.1 Å². The second-order valence-corrected chi connectivity index (χ2v) is 10.2. The standard InChI is InChI=1S/C28H29FN8O5/c1-34-8-10-35(11-9-34)27(38)18-40-17-21-13-26(32-42-21)25-5-2-19(14-30-25)23-4-3-20(12-24(23)29)37-16-22(41-28(37)39)15-36-7-6-31-33-36/h2-7,12,14,17,22H,8-11,13,15-16,18H2,1H3/b21-17-/t22-/m0/s1. The van der Waals surface area contributed by atoms with Crippen molar-refractivity contribution >= 4 is 23.4 Å². The van der Waals surface area contributed by atoms with E-state index in [4.69, 9.17) is 14.3 Å². The second-order valence-electron chi connectivity index (χ2n) is 10.2. The van der Waals surface area contributed by atoms with Crippen LogP contribution >= 0.6 is 0 Å². The quantitative estimate of drug-likeness (QED) is 0.371. The fraction of sp³-hybridized carbons (Fsp3) is 0.357. The van der Waals surface area contributed by atoms with Crippen LogP contribution < -0.4 is 4.90 Å². The Morgan fingerprint density at radius 2 is 2.05 bits per heavy atom. The highest BCUT2D eigenvalue weighted by atomic mass is 19.1. The first-order valence-corrected chi connectivity index (χ1v) is 13.5. The molecular formula is C28H29FN8O5. The molecular weight excluding hydrogens is 547 g/mol. The van der Waals surface area contributed by atoms with Crippen molar-refractivity contribution in [2.45, 2.75) is 19.1 Å². The summed E-state index contributed by atoms with van der Waals surface area (Å²) in [6.45, 7) is 3.63. The zero-order valence-electron chi connectivity index (χ0n) is 22.9. The zero-order valence-corrected chi connectivity index (χ0v) is 22.9. The summed E-state index contributed by atoms with van der Waals surface area (Å²) in [5.74, 6) is -0.0958. The Balaban J connectivity index is 1.03. The van der Waals surface area contributed by atoms with E-state index in [9.17, 15) is 9.59 Å². The van der Waals surface area contributed by atoms with Crippen LogP contribution in [-0.2, 0) is 25.7 Å². The van der Waals surface area contributed by atoms with Crippen molar-refractivity contribution in [3.8, 4) is 11.1 Å². The lowest BCUT2D eigenvalue weighted by Gasteiger charge is -2.32. The summed E-state index contributed by atoms with van der Waals surface area (Å²) < 4.78 is 27.6. The Morgan fingerprint density at radius 3 is 2.79 bits per heavy atom. The van der Waals surface area contributed by atoms with Crippen molar-refractivity contribution in [2.75, 3.05) is 51.3 Å². The molecule has 5 heterocycles. The third-order valence-electron chi connectivity index (χ3n) is 7.26. The van der Waals surface area contributed by atoms with E-state index >= 15 is 4.39 Å². The van der Waals surface area contributed by atoms with E-state index in [0.29, 0.717) is 60.0 Å². The Labute approximate surface area is 240 Å². The molecule has 3 aliphatic heterocycles. The number of carbonyl (C=O) groups excluding carboxylic acids is 2. The molecule has 6 rings (SSSR count). The number of piperazine rings is 1. The maximum atomic E-state index is 15.2. The molecule has 2 aromatic heterocycles. The number of carbonyl (C=O) groups is 2. The molecule has 0 N–H and O–H groups in total. The van der Waals surface area contributed by atoms with Crippen LogP contribution in [0.3, 0.4) is 0 Å². The molecule has 2 saturated heterocycles. The van der Waals surface area contributed by atoms with Gasteiger partial charge in [0.25, 0.3) is 5.91 Å². The maximum Gasteiger partial charge on any atom is 0.414 e. The fourth-order valence-corrected chi connectivity index (χ4v) is 4.89. The number of aromatic nitrogens is 4. The van der Waals surface area contributed by atoms with Gasteiger partial charge in [-0.3, -0.25) is 14.7 Å². The zero-order chi connectivity index (χ0) is 29.1. The van der Waals surface area contributed by atoms with Gasteiger partial charge in [0.2, 0.25) is 0 Å². The highest BCUT2D eigenvalue weighted by Crippen LogP contribution is 2.29. The Kier molecular flexibility index (Phi) is 7.77. The highest BCUT2D eigenvalue weighted by molar-refractivity contribution is 6.01. The lowest BCUT2D eigenvalue weighted by atomic mass is 10.0. The van der Waals surface area contributed by atoms with Gasteiger partial charge < -0.3 is 24.1 Å². The lowest BCUT2D eigenvalue weighted by molar-refractivity contribution is -0.136. The van der Waals surface area contributed by atoms with Crippen LogP contribution in [0.1, 0.15) is 12.1 Å². The molecule has 14 heteroatoms. The number of hydrogen-bond donors (Lipinski definition) is 0. The largest absolute Gasteiger partial charge is 0.488 e. The van der Waals surface area contributed by atoms with Crippen LogP contribution in [0.2, 0.25) is 0 Å². The first-order chi connectivity index (χ1) is 20.4. The van der Waals surface area contributed by atoms with E-state index < -0.39 is 18.0 Å². The SMILES string of the molecule is CN1CCN(C(=O)CO/C=C2/CC(c3ccc(-c4ccc(N5C[C@H](Cn6ccnn6)OC5=O)cc4F)cn3)=NO2)CC1. The average Bonchev–Trinajstić information content (AvgIpc) is 3.76. The van der Waals surface area contributed by atoms with Gasteiger partial charge in [0.15, 0.2) is 12.4 Å². The van der Waals surface area contributed by atoms with E-state index in [2.05, 4.69) is 25.4 Å². The van der Waals surface area contributed by atoms with Gasteiger partial charge >= 0.3 is 6.09 Å². The third-order valence-corrected chi connectivity index (χ3v) is 7.26.